The van der Waals surface area contributed by atoms with Gasteiger partial charge in [-0.3, -0.25) is 4.79 Å². The number of thiol groups is 1. The van der Waals surface area contributed by atoms with E-state index in [0.29, 0.717) is 24.5 Å². The molecule has 1 atom stereocenters. The lowest BCUT2D eigenvalue weighted by atomic mass is 9.98. The van der Waals surface area contributed by atoms with E-state index in [1.807, 2.05) is 54.6 Å². The molecule has 1 unspecified atom stereocenters. The quantitative estimate of drug-likeness (QED) is 0.140. The average molecular weight is 602 g/mol. The molecule has 8 nitrogen and oxygen atoms in total. The Hall–Kier alpha value is -4.76. The third kappa shape index (κ3) is 6.28. The number of hydrogen-bond acceptors (Lipinski definition) is 6. The van der Waals surface area contributed by atoms with Crippen molar-refractivity contribution in [1.29, 1.82) is 0 Å². The van der Waals surface area contributed by atoms with Crippen LogP contribution in [0.2, 0.25) is 0 Å². The first-order valence-corrected chi connectivity index (χ1v) is 15.5. The molecule has 0 aliphatic carbocycles. The molecule has 2 heterocycles. The normalized spacial score (nSPS) is 12.0. The van der Waals surface area contributed by atoms with Crippen molar-refractivity contribution in [2.75, 3.05) is 11.1 Å². The molecular formula is C35H35N7OS. The van der Waals surface area contributed by atoms with Crippen LogP contribution in [-0.2, 0) is 24.2 Å². The number of H-pyrrole nitrogens is 1. The Labute approximate surface area is 262 Å². The molecule has 6 aromatic rings. The zero-order valence-electron chi connectivity index (χ0n) is 24.9. The molecule has 2 aromatic heterocycles. The molecule has 4 aromatic carbocycles. The van der Waals surface area contributed by atoms with Crippen molar-refractivity contribution in [3.05, 3.63) is 114 Å². The molecular weight excluding hydrogens is 567 g/mol. The zero-order chi connectivity index (χ0) is 30.5. The highest BCUT2D eigenvalue weighted by atomic mass is 32.1. The number of nitrogens with zero attached hydrogens (tertiary/aromatic N) is 5. The molecule has 9 heteroatoms. The number of fused-ring (bicyclic) bond motifs is 1. The smallest absolute Gasteiger partial charge is 0.228 e. The maximum Gasteiger partial charge on any atom is 0.228 e. The Balaban J connectivity index is 1.28. The Morgan fingerprint density at radius 2 is 1.70 bits per heavy atom. The summed E-state index contributed by atoms with van der Waals surface area (Å²) >= 11 is 4.50. The van der Waals surface area contributed by atoms with E-state index < -0.39 is 0 Å². The number of aryl methyl sites for hydroxylation is 2. The van der Waals surface area contributed by atoms with E-state index in [-0.39, 0.29) is 11.8 Å². The van der Waals surface area contributed by atoms with Crippen molar-refractivity contribution < 1.29 is 4.79 Å². The molecule has 0 aliphatic heterocycles. The van der Waals surface area contributed by atoms with Crippen molar-refractivity contribution in [1.82, 2.24) is 30.2 Å². The van der Waals surface area contributed by atoms with Gasteiger partial charge in [0.05, 0.1) is 17.0 Å². The number of benzene rings is 4. The third-order valence-corrected chi connectivity index (χ3v) is 8.34. The number of carbonyl (C=O) groups excluding carboxylic acids is 1. The van der Waals surface area contributed by atoms with Gasteiger partial charge in [0.1, 0.15) is 5.82 Å². The number of aromatic amines is 1. The number of aromatic nitrogens is 6. The molecule has 222 valence electrons. The van der Waals surface area contributed by atoms with E-state index >= 15 is 0 Å². The highest BCUT2D eigenvalue weighted by molar-refractivity contribution is 7.80. The minimum Gasteiger partial charge on any atom is -0.326 e. The summed E-state index contributed by atoms with van der Waals surface area (Å²) in [6.45, 7) is 4.90. The number of hydrogen-bond donors (Lipinski definition) is 3. The fraction of sp³-hybridized carbons (Fsp3) is 0.229. The molecule has 2 N–H and O–H groups in total. The van der Waals surface area contributed by atoms with Gasteiger partial charge in [-0.25, -0.2) is 4.98 Å². The summed E-state index contributed by atoms with van der Waals surface area (Å²) in [4.78, 5) is 18.4. The summed E-state index contributed by atoms with van der Waals surface area (Å²) in [5.41, 5.74) is 9.12. The lowest BCUT2D eigenvalue weighted by Gasteiger charge is -2.16. The van der Waals surface area contributed by atoms with Crippen LogP contribution in [0.25, 0.3) is 33.5 Å². The number of carbonyl (C=O) groups is 1. The van der Waals surface area contributed by atoms with Crippen LogP contribution in [0, 0.1) is 12.8 Å². The van der Waals surface area contributed by atoms with Gasteiger partial charge in [-0.15, -0.1) is 10.2 Å². The van der Waals surface area contributed by atoms with Gasteiger partial charge in [0, 0.05) is 30.0 Å². The lowest BCUT2D eigenvalue weighted by molar-refractivity contribution is -0.119. The van der Waals surface area contributed by atoms with Gasteiger partial charge in [0.2, 0.25) is 11.7 Å². The predicted molar refractivity (Wildman–Crippen MR) is 179 cm³/mol. The van der Waals surface area contributed by atoms with Gasteiger partial charge in [0.25, 0.3) is 0 Å². The van der Waals surface area contributed by atoms with E-state index in [1.54, 1.807) is 0 Å². The summed E-state index contributed by atoms with van der Waals surface area (Å²) in [5.74, 6) is 1.81. The number of rotatable bonds is 11. The summed E-state index contributed by atoms with van der Waals surface area (Å²) in [7, 11) is 0. The molecule has 0 saturated carbocycles. The Kier molecular flexibility index (Phi) is 8.84. The molecule has 44 heavy (non-hydrogen) atoms. The zero-order valence-corrected chi connectivity index (χ0v) is 25.8. The maximum atomic E-state index is 13.3. The Morgan fingerprint density at radius 3 is 2.41 bits per heavy atom. The van der Waals surface area contributed by atoms with E-state index in [2.05, 4.69) is 93.4 Å². The molecule has 0 fully saturated rings. The fourth-order valence-electron chi connectivity index (χ4n) is 5.66. The summed E-state index contributed by atoms with van der Waals surface area (Å²) in [5, 5.41) is 17.8. The molecule has 0 aliphatic rings. The van der Waals surface area contributed by atoms with Crippen LogP contribution in [0.4, 0.5) is 5.69 Å². The maximum absolute atomic E-state index is 13.3. The highest BCUT2D eigenvalue weighted by Gasteiger charge is 2.20. The van der Waals surface area contributed by atoms with Gasteiger partial charge < -0.3 is 9.88 Å². The second kappa shape index (κ2) is 13.3. The number of tetrazole rings is 1. The van der Waals surface area contributed by atoms with Crippen molar-refractivity contribution in [3.63, 3.8) is 0 Å². The SMILES string of the molecule is CCCc1nc2c(C)cc(NC(=O)C(CS)Cc3ccccc3)cc2n1Cc1ccc(-c2ccccc2-c2nn[nH]n2)cc1. The fourth-order valence-corrected chi connectivity index (χ4v) is 5.96. The number of amides is 1. The largest absolute Gasteiger partial charge is 0.326 e. The molecule has 0 bridgehead atoms. The second-order valence-corrected chi connectivity index (χ2v) is 11.4. The van der Waals surface area contributed by atoms with Crippen LogP contribution < -0.4 is 5.32 Å². The van der Waals surface area contributed by atoms with Crippen molar-refractivity contribution in [2.24, 2.45) is 5.92 Å². The molecule has 1 amide bonds. The third-order valence-electron chi connectivity index (χ3n) is 7.90. The number of nitrogens with one attached hydrogen (secondary N) is 2. The van der Waals surface area contributed by atoms with Crippen LogP contribution in [0.1, 0.15) is 35.9 Å². The molecule has 0 radical (unpaired) electrons. The van der Waals surface area contributed by atoms with Gasteiger partial charge in [-0.05, 0) is 64.9 Å². The van der Waals surface area contributed by atoms with Crippen molar-refractivity contribution in [2.45, 2.75) is 39.7 Å². The molecule has 0 spiro atoms. The molecule has 6 rings (SSSR count). The summed E-state index contributed by atoms with van der Waals surface area (Å²) in [6, 6.07) is 30.8. The van der Waals surface area contributed by atoms with E-state index in [0.717, 1.165) is 68.8 Å². The van der Waals surface area contributed by atoms with E-state index in [9.17, 15) is 4.79 Å². The Bertz CT molecular complexity index is 1870. The summed E-state index contributed by atoms with van der Waals surface area (Å²) < 4.78 is 2.28. The van der Waals surface area contributed by atoms with Gasteiger partial charge in [-0.1, -0.05) is 85.8 Å². The first kappa shape index (κ1) is 29.3. The average Bonchev–Trinajstić information content (AvgIpc) is 3.70. The minimum atomic E-state index is -0.235. The predicted octanol–water partition coefficient (Wildman–Crippen LogP) is 6.92. The standard InChI is InChI=1S/C35H35N7OS/c1-3-9-32-37-33-23(2)18-28(36-35(43)27(22-44)19-24-10-5-4-6-11-24)20-31(33)42(32)21-25-14-16-26(17-15-25)29-12-7-8-13-30(29)34-38-40-41-39-34/h4-8,10-18,20,27,44H,3,9,19,21-22H2,1-2H3,(H,36,43)(H,38,39,40,41). The van der Waals surface area contributed by atoms with E-state index in [4.69, 9.17) is 4.98 Å². The Morgan fingerprint density at radius 1 is 0.955 bits per heavy atom. The topological polar surface area (TPSA) is 101 Å². The lowest BCUT2D eigenvalue weighted by Crippen LogP contribution is -2.26. The molecule has 0 saturated heterocycles. The van der Waals surface area contributed by atoms with E-state index in [1.165, 1.54) is 0 Å². The highest BCUT2D eigenvalue weighted by Crippen LogP contribution is 2.31. The summed E-state index contributed by atoms with van der Waals surface area (Å²) in [6.07, 6.45) is 2.50. The van der Waals surface area contributed by atoms with Crippen LogP contribution in [-0.4, -0.2) is 41.8 Å². The monoisotopic (exact) mass is 601 g/mol. The van der Waals surface area contributed by atoms with Crippen LogP contribution >= 0.6 is 12.6 Å². The minimum absolute atomic E-state index is 0.0286. The second-order valence-electron chi connectivity index (χ2n) is 11.1. The van der Waals surface area contributed by atoms with Crippen molar-refractivity contribution in [3.8, 4) is 22.5 Å². The van der Waals surface area contributed by atoms with Crippen LogP contribution in [0.5, 0.6) is 0 Å². The first-order valence-electron chi connectivity index (χ1n) is 14.9. The van der Waals surface area contributed by atoms with Crippen LogP contribution in [0.15, 0.2) is 91.0 Å². The van der Waals surface area contributed by atoms with Gasteiger partial charge >= 0.3 is 0 Å². The number of imidazole rings is 1. The number of anilines is 1. The van der Waals surface area contributed by atoms with Crippen molar-refractivity contribution >= 4 is 35.3 Å². The van der Waals surface area contributed by atoms with Crippen LogP contribution in [0.3, 0.4) is 0 Å². The first-order chi connectivity index (χ1) is 21.5. The van der Waals surface area contributed by atoms with Gasteiger partial charge in [-0.2, -0.15) is 17.8 Å². The van der Waals surface area contributed by atoms with Gasteiger partial charge in [0.15, 0.2) is 0 Å².